The lowest BCUT2D eigenvalue weighted by Gasteiger charge is -2.40. The van der Waals surface area contributed by atoms with Gasteiger partial charge in [-0.15, -0.1) is 0 Å². The molecule has 0 spiro atoms. The molecule has 12 heterocycles. The average molecular weight is 1890 g/mol. The van der Waals surface area contributed by atoms with Crippen LogP contribution >= 0.6 is 23.2 Å². The van der Waals surface area contributed by atoms with Crippen LogP contribution in [0.15, 0.2) is 86.2 Å². The van der Waals surface area contributed by atoms with Crippen molar-refractivity contribution in [1.82, 2.24) is 74.3 Å². The van der Waals surface area contributed by atoms with Crippen molar-refractivity contribution in [3.8, 4) is 51.8 Å². The molecule has 3 aromatic carbocycles. The summed E-state index contributed by atoms with van der Waals surface area (Å²) in [6.07, 6.45) is -8.47. The SMILES string of the molecule is C=C(F)C(=O)N1CCN(c2nc(OC[C@@H]3C[C@@H](C)CN3C)nc3c(F)c(-c4nc(N)cc(C)c4C(F)(F)F)c(Cl)cc23)[C@@H](C)C1.C=CC(=O)N1CCN(c2nc(OCC3CCC(COC)N3C)nc3cc(-c4nc(N)ccc4C(F)(F)F)c(Cl)cc23)CC1.C=CC(=O)N1CCN(c2nc(OC[C@@H]3C[C@@H](C)CN3C)nc3c(F)c(-c4nc(N)cc(C)c4C(F)(F)F)c(F)cc23)[C@@H](C)C1. The number of nitrogens with two attached hydrogens (primary N) is 3. The van der Waals surface area contributed by atoms with E-state index in [1.807, 2.05) is 33.0 Å². The Morgan fingerprint density at radius 2 is 0.955 bits per heavy atom. The lowest BCUT2D eigenvalue weighted by atomic mass is 9.98. The molecule has 6 aliphatic heterocycles. The van der Waals surface area contributed by atoms with E-state index in [1.165, 1.54) is 42.2 Å². The van der Waals surface area contributed by atoms with Gasteiger partial charge in [0.15, 0.2) is 17.5 Å². The van der Waals surface area contributed by atoms with E-state index in [-0.39, 0.29) is 185 Å². The van der Waals surface area contributed by atoms with Crippen LogP contribution in [0.3, 0.4) is 0 Å². The smallest absolute Gasteiger partial charge is 0.418 e. The number of carbonyl (C=O) groups is 3. The third-order valence-corrected chi connectivity index (χ3v) is 25.3. The van der Waals surface area contributed by atoms with Gasteiger partial charge in [0, 0.05) is 144 Å². The van der Waals surface area contributed by atoms with Crippen molar-refractivity contribution in [1.29, 1.82) is 0 Å². The molecule has 43 heteroatoms. The van der Waals surface area contributed by atoms with Crippen molar-refractivity contribution >= 4 is 109 Å². The fraction of sp³-hybridized carbons (Fsp3) is 0.461. The van der Waals surface area contributed by atoms with Gasteiger partial charge in [0.2, 0.25) is 11.8 Å². The maximum absolute atomic E-state index is 16.6. The predicted molar refractivity (Wildman–Crippen MR) is 475 cm³/mol. The largest absolute Gasteiger partial charge is 0.462 e. The monoisotopic (exact) mass is 1890 g/mol. The zero-order valence-corrected chi connectivity index (χ0v) is 75.5. The summed E-state index contributed by atoms with van der Waals surface area (Å²) in [7, 11) is 7.62. The number of fused-ring (bicyclic) bond motifs is 3. The van der Waals surface area contributed by atoms with Crippen LogP contribution < -0.4 is 46.1 Å². The van der Waals surface area contributed by atoms with Crippen molar-refractivity contribution in [2.75, 3.05) is 165 Å². The number of hydrogen-bond acceptors (Lipinski definition) is 25. The Morgan fingerprint density at radius 3 is 1.44 bits per heavy atom. The first kappa shape index (κ1) is 98.0. The van der Waals surface area contributed by atoms with E-state index in [0.29, 0.717) is 67.9 Å². The van der Waals surface area contributed by atoms with Gasteiger partial charge < -0.3 is 65.5 Å². The van der Waals surface area contributed by atoms with E-state index in [4.69, 9.17) is 64.3 Å². The Kier molecular flexibility index (Phi) is 29.5. The molecule has 6 fully saturated rings. The summed E-state index contributed by atoms with van der Waals surface area (Å²) < 4.78 is 213. The van der Waals surface area contributed by atoms with Crippen LogP contribution in [-0.4, -0.2) is 261 Å². The van der Waals surface area contributed by atoms with Crippen LogP contribution in [0.25, 0.3) is 66.5 Å². The molecular formula is C89H100Cl2F13N21O7. The highest BCUT2D eigenvalue weighted by Gasteiger charge is 2.44. The molecule has 6 aliphatic rings. The number of halogens is 15. The minimum Gasteiger partial charge on any atom is -0.462 e. The Hall–Kier alpha value is -11.5. The zero-order chi connectivity index (χ0) is 95.9. The Bertz CT molecular complexity index is 5920. The van der Waals surface area contributed by atoms with Gasteiger partial charge >= 0.3 is 36.6 Å². The number of aromatic nitrogens is 9. The minimum absolute atomic E-state index is 0.0312. The summed E-state index contributed by atoms with van der Waals surface area (Å²) in [5.41, 5.74) is 9.14. The number of aryl methyl sites for hydroxylation is 2. The molecule has 6 saturated heterocycles. The topological polar surface area (TPSA) is 311 Å². The number of likely N-dealkylation sites (tertiary alicyclic amines) is 3. The molecule has 0 radical (unpaired) electrons. The molecule has 9 aromatic rings. The highest BCUT2D eigenvalue weighted by atomic mass is 35.5. The first-order valence-corrected chi connectivity index (χ1v) is 43.2. The van der Waals surface area contributed by atoms with E-state index in [0.717, 1.165) is 76.0 Å². The predicted octanol–water partition coefficient (Wildman–Crippen LogP) is 14.7. The summed E-state index contributed by atoms with van der Waals surface area (Å²) in [5, 5.41) is 0.244. The second-order valence-corrected chi connectivity index (χ2v) is 34.9. The molecule has 6 aromatic heterocycles. The van der Waals surface area contributed by atoms with Crippen molar-refractivity contribution in [2.24, 2.45) is 11.8 Å². The number of carbonyl (C=O) groups excluding carboxylic acids is 3. The van der Waals surface area contributed by atoms with Gasteiger partial charge in [-0.1, -0.05) is 56.8 Å². The molecule has 3 amide bonds. The average Bonchev–Trinajstić information content (AvgIpc) is 0.804. The quantitative estimate of drug-likeness (QED) is 0.0471. The number of benzene rings is 3. The number of piperazine rings is 3. The number of methoxy groups -OCH3 is 1. The number of anilines is 6. The fourth-order valence-electron chi connectivity index (χ4n) is 18.1. The van der Waals surface area contributed by atoms with Crippen LogP contribution in [0.4, 0.5) is 92.0 Å². The molecule has 2 unspecified atom stereocenters. The van der Waals surface area contributed by atoms with Crippen LogP contribution in [0, 0.1) is 43.1 Å². The summed E-state index contributed by atoms with van der Waals surface area (Å²) in [4.78, 5) is 91.8. The minimum atomic E-state index is -4.97. The summed E-state index contributed by atoms with van der Waals surface area (Å²) >= 11 is 13.1. The first-order chi connectivity index (χ1) is 62.2. The van der Waals surface area contributed by atoms with Crippen molar-refractivity contribution in [2.45, 2.75) is 122 Å². The van der Waals surface area contributed by atoms with Crippen molar-refractivity contribution < 1.29 is 90.4 Å². The molecule has 8 atom stereocenters. The molecule has 0 bridgehead atoms. The van der Waals surface area contributed by atoms with E-state index in [1.54, 1.807) is 33.6 Å². The van der Waals surface area contributed by atoms with Gasteiger partial charge in [-0.05, 0) is 158 Å². The van der Waals surface area contributed by atoms with Crippen LogP contribution in [0.1, 0.15) is 81.2 Å². The maximum Gasteiger partial charge on any atom is 0.418 e. The van der Waals surface area contributed by atoms with E-state index >= 15 is 13.2 Å². The number of pyridine rings is 3. The highest BCUT2D eigenvalue weighted by Crippen LogP contribution is 2.49. The molecule has 132 heavy (non-hydrogen) atoms. The number of nitrogen functional groups attached to an aromatic ring is 3. The maximum atomic E-state index is 16.6. The van der Waals surface area contributed by atoms with Crippen LogP contribution in [-0.2, 0) is 37.6 Å². The molecule has 0 aliphatic carbocycles. The molecular weight excluding hydrogens is 1790 g/mol. The molecule has 0 saturated carbocycles. The lowest BCUT2D eigenvalue weighted by molar-refractivity contribution is -0.138. The number of ether oxygens (including phenoxy) is 4. The Balaban J connectivity index is 0.000000168. The zero-order valence-electron chi connectivity index (χ0n) is 74.0. The number of rotatable bonds is 20. The fourth-order valence-corrected chi connectivity index (χ4v) is 18.6. The van der Waals surface area contributed by atoms with Gasteiger partial charge in [0.25, 0.3) is 5.91 Å². The summed E-state index contributed by atoms with van der Waals surface area (Å²) in [5.74, 6) is -5.06. The van der Waals surface area contributed by atoms with Crippen LogP contribution in [0.5, 0.6) is 18.0 Å². The normalized spacial score (nSPS) is 20.7. The van der Waals surface area contributed by atoms with Crippen molar-refractivity contribution in [3.63, 3.8) is 0 Å². The number of alkyl halides is 9. The summed E-state index contributed by atoms with van der Waals surface area (Å²) in [6, 6.07) is 8.61. The molecule has 708 valence electrons. The van der Waals surface area contributed by atoms with Gasteiger partial charge in [0.05, 0.1) is 67.1 Å². The Labute approximate surface area is 761 Å². The molecule has 28 nitrogen and oxygen atoms in total. The van der Waals surface area contributed by atoms with Crippen LogP contribution in [0.2, 0.25) is 10.0 Å². The van der Waals surface area contributed by atoms with E-state index in [9.17, 15) is 58.3 Å². The Morgan fingerprint density at radius 1 is 0.508 bits per heavy atom. The number of likely N-dealkylation sites (N-methyl/N-ethyl adjacent to an activating group) is 3. The van der Waals surface area contributed by atoms with Crippen molar-refractivity contribution in [3.05, 3.63) is 142 Å². The van der Waals surface area contributed by atoms with E-state index < -0.39 is 104 Å². The third-order valence-electron chi connectivity index (χ3n) is 24.6. The number of hydrogen-bond donors (Lipinski definition) is 3. The number of nitrogens with zero attached hydrogens (tertiary/aromatic N) is 18. The van der Waals surface area contributed by atoms with Gasteiger partial charge in [-0.2, -0.15) is 69.4 Å². The standard InChI is InChI=1S/C30H33ClF5N7O2.C30H34F5N7O2.C29H33ClF3N7O3/c1-14-8-18(41(5)11-14)13-45-29-39-25-19(27(40-29)43-7-6-42(12-16(43)3)28(44)17(4)32)10-20(31)22(24(25)33)26-23(30(34,35)36)15(2)9-21(37)38-26;1-6-22(43)41-7-8-42(17(4)13-41)28-19-11-20(31)23(27-24(30(33,34)35)16(3)10-21(36)37-27)25(32)26(19)38-29(39-28)44-14-18-9-15(2)12-40(18)5;1-4-25(41)39-9-11-40(12-10-39)27-20-13-22(30)19(26-21(29(31,32)33)7-8-24(34)36-26)14-23(20)35-28(37-27)43-16-18-6-5-17(15-42-3)38(18)2/h9-10,14,16,18H,4,6-8,11-13H2,1-3,5H3,(H2,37,38);6,10-11,15,17-18H,1,7-9,12-14H2,2-5H3,(H2,36,37);4,7-8,13-14,17-18H,1,5-6,9-12,15-16H2,2-3H3,(H2,34,36)/t14-,16+,18+;15-,17+,18+;/m11./s1. The number of amides is 3. The van der Waals surface area contributed by atoms with E-state index in [2.05, 4.69) is 88.2 Å². The second-order valence-electron chi connectivity index (χ2n) is 34.1. The van der Waals surface area contributed by atoms with Gasteiger partial charge in [0.1, 0.15) is 71.6 Å². The molecule has 15 rings (SSSR count). The lowest BCUT2D eigenvalue weighted by Crippen LogP contribution is -2.54. The first-order valence-electron chi connectivity index (χ1n) is 42.4. The third kappa shape index (κ3) is 21.1. The van der Waals surface area contributed by atoms with Gasteiger partial charge in [-0.25, -0.2) is 32.5 Å². The second kappa shape index (κ2) is 39.7. The highest BCUT2D eigenvalue weighted by molar-refractivity contribution is 6.35. The molecule has 6 N–H and O–H groups in total. The summed E-state index contributed by atoms with van der Waals surface area (Å²) in [6.45, 7) is 26.4. The van der Waals surface area contributed by atoms with Gasteiger partial charge in [-0.3, -0.25) is 29.1 Å².